The average Bonchev–Trinajstić information content (AvgIpc) is 2.45. The summed E-state index contributed by atoms with van der Waals surface area (Å²) in [6.45, 7) is 1.43. The van der Waals surface area contributed by atoms with Crippen LogP contribution in [0.15, 0.2) is 0 Å². The van der Waals surface area contributed by atoms with Crippen LogP contribution in [0.4, 0.5) is 0 Å². The van der Waals surface area contributed by atoms with Crippen LogP contribution >= 0.6 is 0 Å². The summed E-state index contributed by atoms with van der Waals surface area (Å²) in [5, 5.41) is 10.8. The highest BCUT2D eigenvalue weighted by Crippen LogP contribution is 2.10. The molecule has 1 rings (SSSR count). The van der Waals surface area contributed by atoms with Gasteiger partial charge in [-0.1, -0.05) is 0 Å². The van der Waals surface area contributed by atoms with Crippen LogP contribution in [0.2, 0.25) is 0 Å². The lowest BCUT2D eigenvalue weighted by Gasteiger charge is -2.11. The minimum atomic E-state index is -0.821. The molecule has 2 atom stereocenters. The molecule has 1 fully saturated rings. The number of carbonyl (C=O) groups is 3. The molecule has 2 unspecified atom stereocenters. The van der Waals surface area contributed by atoms with Crippen LogP contribution < -0.4 is 5.32 Å². The van der Waals surface area contributed by atoms with Crippen molar-refractivity contribution in [2.24, 2.45) is 5.92 Å². The number of hydrogen-bond donors (Lipinski definition) is 1. The predicted octanol–water partition coefficient (Wildman–Crippen LogP) is -0.980. The second-order valence-corrected chi connectivity index (χ2v) is 3.41. The van der Waals surface area contributed by atoms with Crippen LogP contribution in [0.5, 0.6) is 0 Å². The van der Waals surface area contributed by atoms with E-state index < -0.39 is 23.8 Å². The van der Waals surface area contributed by atoms with Gasteiger partial charge in [0.1, 0.15) is 12.0 Å². The van der Waals surface area contributed by atoms with Crippen molar-refractivity contribution in [3.63, 3.8) is 0 Å². The number of nitrogens with zero attached hydrogens (tertiary/aromatic N) is 2. The molecule has 6 heteroatoms. The van der Waals surface area contributed by atoms with Gasteiger partial charge in [-0.25, -0.2) is 0 Å². The Balaban J connectivity index is 2.62. The summed E-state index contributed by atoms with van der Waals surface area (Å²) in [5.74, 6) is -2.11. The molecule has 0 aromatic heterocycles. The van der Waals surface area contributed by atoms with Gasteiger partial charge in [-0.3, -0.25) is 19.3 Å². The smallest absolute Gasteiger partial charge is 0.252 e. The van der Waals surface area contributed by atoms with Crippen LogP contribution in [-0.2, 0) is 14.4 Å². The van der Waals surface area contributed by atoms with Gasteiger partial charge < -0.3 is 5.32 Å². The summed E-state index contributed by atoms with van der Waals surface area (Å²) in [7, 11) is 1.37. The number of rotatable bonds is 2. The summed E-state index contributed by atoms with van der Waals surface area (Å²) >= 11 is 0. The Kier molecular flexibility index (Phi) is 3.04. The Morgan fingerprint density at radius 1 is 1.67 bits per heavy atom. The molecule has 1 saturated heterocycles. The predicted molar refractivity (Wildman–Crippen MR) is 49.1 cm³/mol. The number of nitrogens with one attached hydrogen (secondary N) is 1. The van der Waals surface area contributed by atoms with Crippen molar-refractivity contribution in [2.45, 2.75) is 19.4 Å². The van der Waals surface area contributed by atoms with E-state index >= 15 is 0 Å². The maximum Gasteiger partial charge on any atom is 0.252 e. The van der Waals surface area contributed by atoms with Gasteiger partial charge in [0, 0.05) is 7.05 Å². The lowest BCUT2D eigenvalue weighted by atomic mass is 10.1. The zero-order chi connectivity index (χ0) is 11.6. The Labute approximate surface area is 86.8 Å². The van der Waals surface area contributed by atoms with Crippen molar-refractivity contribution in [1.29, 1.82) is 5.26 Å². The van der Waals surface area contributed by atoms with E-state index in [0.717, 1.165) is 4.90 Å². The summed E-state index contributed by atoms with van der Waals surface area (Å²) < 4.78 is 0. The van der Waals surface area contributed by atoms with Crippen molar-refractivity contribution in [3.8, 4) is 6.07 Å². The van der Waals surface area contributed by atoms with Crippen LogP contribution in [0, 0.1) is 17.2 Å². The SMILES string of the molecule is CC(C#N)C(=O)NC1CC(=O)N(C)C1=O. The fraction of sp³-hybridized carbons (Fsp3) is 0.556. The lowest BCUT2D eigenvalue weighted by molar-refractivity contribution is -0.138. The van der Waals surface area contributed by atoms with Crippen LogP contribution in [-0.4, -0.2) is 35.7 Å². The van der Waals surface area contributed by atoms with E-state index in [1.165, 1.54) is 14.0 Å². The highest BCUT2D eigenvalue weighted by atomic mass is 16.2. The van der Waals surface area contributed by atoms with Crippen LogP contribution in [0.25, 0.3) is 0 Å². The number of hydrogen-bond acceptors (Lipinski definition) is 4. The third-order valence-corrected chi connectivity index (χ3v) is 2.28. The van der Waals surface area contributed by atoms with Gasteiger partial charge in [0.25, 0.3) is 5.91 Å². The van der Waals surface area contributed by atoms with Gasteiger partial charge >= 0.3 is 0 Å². The fourth-order valence-corrected chi connectivity index (χ4v) is 1.22. The molecule has 1 N–H and O–H groups in total. The van der Waals surface area contributed by atoms with Crippen molar-refractivity contribution in [3.05, 3.63) is 0 Å². The van der Waals surface area contributed by atoms with Crippen molar-refractivity contribution in [2.75, 3.05) is 7.05 Å². The first-order valence-electron chi connectivity index (χ1n) is 4.47. The Morgan fingerprint density at radius 3 is 2.67 bits per heavy atom. The number of nitriles is 1. The molecule has 0 aromatic carbocycles. The molecule has 0 aliphatic carbocycles. The highest BCUT2D eigenvalue weighted by molar-refractivity contribution is 6.06. The minimum absolute atomic E-state index is 0.0285. The fourth-order valence-electron chi connectivity index (χ4n) is 1.22. The molecule has 15 heavy (non-hydrogen) atoms. The molecule has 6 nitrogen and oxygen atoms in total. The molecule has 1 aliphatic rings. The highest BCUT2D eigenvalue weighted by Gasteiger charge is 2.37. The second-order valence-electron chi connectivity index (χ2n) is 3.41. The Morgan fingerprint density at radius 2 is 2.27 bits per heavy atom. The van der Waals surface area contributed by atoms with Crippen molar-refractivity contribution < 1.29 is 14.4 Å². The van der Waals surface area contributed by atoms with Gasteiger partial charge in [0.05, 0.1) is 12.5 Å². The van der Waals surface area contributed by atoms with E-state index in [9.17, 15) is 14.4 Å². The molecule has 0 saturated carbocycles. The largest absolute Gasteiger partial charge is 0.343 e. The van der Waals surface area contributed by atoms with E-state index in [1.54, 1.807) is 6.07 Å². The molecule has 3 amide bonds. The van der Waals surface area contributed by atoms with Gasteiger partial charge in [0.15, 0.2) is 0 Å². The standard InChI is InChI=1S/C9H11N3O3/c1-5(4-10)8(14)11-6-3-7(13)12(2)9(6)15/h5-6H,3H2,1-2H3,(H,11,14). The van der Waals surface area contributed by atoms with Crippen LogP contribution in [0.1, 0.15) is 13.3 Å². The number of amides is 3. The van der Waals surface area contributed by atoms with Gasteiger partial charge in [-0.05, 0) is 6.92 Å². The number of likely N-dealkylation sites (N-methyl/N-ethyl adjacent to an activating group) is 1. The quantitative estimate of drug-likeness (QED) is 0.592. The first-order chi connectivity index (χ1) is 6.97. The molecular weight excluding hydrogens is 198 g/mol. The normalized spacial score (nSPS) is 22.5. The zero-order valence-electron chi connectivity index (χ0n) is 8.48. The molecule has 0 bridgehead atoms. The van der Waals surface area contributed by atoms with Gasteiger partial charge in [-0.15, -0.1) is 0 Å². The zero-order valence-corrected chi connectivity index (χ0v) is 8.48. The molecule has 0 spiro atoms. The van der Waals surface area contributed by atoms with E-state index in [0.29, 0.717) is 0 Å². The van der Waals surface area contributed by atoms with E-state index in [-0.39, 0.29) is 12.3 Å². The molecule has 0 radical (unpaired) electrons. The minimum Gasteiger partial charge on any atom is -0.343 e. The maximum absolute atomic E-state index is 11.4. The summed E-state index contributed by atoms with van der Waals surface area (Å²) in [4.78, 5) is 34.7. The summed E-state index contributed by atoms with van der Waals surface area (Å²) in [6.07, 6.45) is -0.0285. The first kappa shape index (κ1) is 11.2. The van der Waals surface area contributed by atoms with Gasteiger partial charge in [0.2, 0.25) is 11.8 Å². The van der Waals surface area contributed by atoms with Crippen molar-refractivity contribution >= 4 is 17.7 Å². The maximum atomic E-state index is 11.4. The molecule has 1 heterocycles. The molecule has 80 valence electrons. The van der Waals surface area contributed by atoms with Crippen molar-refractivity contribution in [1.82, 2.24) is 10.2 Å². The average molecular weight is 209 g/mol. The number of carbonyl (C=O) groups excluding carboxylic acids is 3. The molecular formula is C9H11N3O3. The monoisotopic (exact) mass is 209 g/mol. The second kappa shape index (κ2) is 4.09. The lowest BCUT2D eigenvalue weighted by Crippen LogP contribution is -2.42. The van der Waals surface area contributed by atoms with E-state index in [2.05, 4.69) is 5.32 Å². The first-order valence-corrected chi connectivity index (χ1v) is 4.47. The third-order valence-electron chi connectivity index (χ3n) is 2.28. The molecule has 1 aliphatic heterocycles. The topological polar surface area (TPSA) is 90.3 Å². The van der Waals surface area contributed by atoms with Crippen LogP contribution in [0.3, 0.4) is 0 Å². The molecule has 0 aromatic rings. The summed E-state index contributed by atoms with van der Waals surface area (Å²) in [5.41, 5.74) is 0. The third kappa shape index (κ3) is 2.13. The van der Waals surface area contributed by atoms with E-state index in [4.69, 9.17) is 5.26 Å². The van der Waals surface area contributed by atoms with Gasteiger partial charge in [-0.2, -0.15) is 5.26 Å². The Bertz CT molecular complexity index is 358. The number of likely N-dealkylation sites (tertiary alicyclic amines) is 1. The number of imide groups is 1. The Hall–Kier alpha value is -1.90. The summed E-state index contributed by atoms with van der Waals surface area (Å²) in [6, 6.07) is 0.940. The van der Waals surface area contributed by atoms with E-state index in [1.807, 2.05) is 0 Å².